The Kier molecular flexibility index (Phi) is 5.46. The van der Waals surface area contributed by atoms with E-state index in [1.807, 2.05) is 6.92 Å². The van der Waals surface area contributed by atoms with E-state index < -0.39 is 23.7 Å². The van der Waals surface area contributed by atoms with Gasteiger partial charge in [-0.1, -0.05) is 35.3 Å². The van der Waals surface area contributed by atoms with Crippen molar-refractivity contribution >= 4 is 58.3 Å². The summed E-state index contributed by atoms with van der Waals surface area (Å²) in [5.74, 6) is -3.39. The van der Waals surface area contributed by atoms with Gasteiger partial charge in [-0.2, -0.15) is 0 Å². The van der Waals surface area contributed by atoms with E-state index in [0.717, 1.165) is 16.5 Å². The zero-order chi connectivity index (χ0) is 23.2. The van der Waals surface area contributed by atoms with Crippen molar-refractivity contribution in [3.05, 3.63) is 92.5 Å². The lowest BCUT2D eigenvalue weighted by atomic mass is 10.1. The molecular formula is C23H13Cl2N2O5-. The Hall–Kier alpha value is -3.68. The second kappa shape index (κ2) is 8.11. The van der Waals surface area contributed by atoms with Crippen molar-refractivity contribution in [3.8, 4) is 0 Å². The molecule has 0 spiro atoms. The van der Waals surface area contributed by atoms with Gasteiger partial charge in [-0.05, 0) is 60.5 Å². The largest absolute Gasteiger partial charge is 0.545 e. The molecule has 0 fully saturated rings. The number of anilines is 2. The number of hydrogen-bond donors (Lipinski definition) is 1. The maximum Gasteiger partial charge on any atom is 0.266 e. The molecule has 160 valence electrons. The quantitative estimate of drug-likeness (QED) is 0.588. The summed E-state index contributed by atoms with van der Waals surface area (Å²) in [6.07, 6.45) is 0. The molecule has 0 atom stereocenters. The maximum atomic E-state index is 12.9. The Bertz CT molecular complexity index is 1340. The molecule has 9 heteroatoms. The molecule has 4 rings (SSSR count). The number of carbonyl (C=O) groups is 4. The van der Waals surface area contributed by atoms with E-state index in [1.165, 1.54) is 30.3 Å². The topological polar surface area (TPSA) is 107 Å². The summed E-state index contributed by atoms with van der Waals surface area (Å²) in [5, 5.41) is 14.4. The number of nitrogens with one attached hydrogen (secondary N) is 1. The van der Waals surface area contributed by atoms with Gasteiger partial charge in [0.2, 0.25) is 0 Å². The molecule has 0 bridgehead atoms. The summed E-state index contributed by atoms with van der Waals surface area (Å²) in [6.45, 7) is 1.83. The van der Waals surface area contributed by atoms with Crippen LogP contribution in [-0.2, 0) is 0 Å². The number of carbonyl (C=O) groups excluding carboxylic acids is 4. The number of fused-ring (bicyclic) bond motifs is 1. The van der Waals surface area contributed by atoms with Crippen LogP contribution >= 0.6 is 23.2 Å². The van der Waals surface area contributed by atoms with Gasteiger partial charge >= 0.3 is 0 Å². The van der Waals surface area contributed by atoms with E-state index in [9.17, 15) is 24.3 Å². The van der Waals surface area contributed by atoms with Gasteiger partial charge in [0.1, 0.15) is 0 Å². The fourth-order valence-electron chi connectivity index (χ4n) is 3.30. The molecule has 3 amide bonds. The molecule has 0 saturated carbocycles. The molecule has 32 heavy (non-hydrogen) atoms. The predicted octanol–water partition coefficient (Wildman–Crippen LogP) is 3.72. The first-order valence-corrected chi connectivity index (χ1v) is 10.0. The summed E-state index contributed by atoms with van der Waals surface area (Å²) < 4.78 is 0. The van der Waals surface area contributed by atoms with Crippen LogP contribution in [0.5, 0.6) is 0 Å². The van der Waals surface area contributed by atoms with E-state index in [4.69, 9.17) is 23.2 Å². The number of nitrogens with zero attached hydrogens (tertiary/aromatic N) is 1. The van der Waals surface area contributed by atoms with E-state index in [2.05, 4.69) is 5.32 Å². The van der Waals surface area contributed by atoms with Crippen molar-refractivity contribution in [2.24, 2.45) is 0 Å². The normalized spacial score (nSPS) is 12.7. The lowest BCUT2D eigenvalue weighted by molar-refractivity contribution is -0.255. The zero-order valence-corrected chi connectivity index (χ0v) is 18.0. The molecule has 1 aliphatic heterocycles. The molecule has 1 heterocycles. The molecule has 0 unspecified atom stereocenters. The second-order valence-corrected chi connectivity index (χ2v) is 7.89. The molecule has 7 nitrogen and oxygen atoms in total. The van der Waals surface area contributed by atoms with E-state index in [0.29, 0.717) is 10.7 Å². The number of aromatic carboxylic acids is 1. The van der Waals surface area contributed by atoms with Crippen LogP contribution in [0.3, 0.4) is 0 Å². The lowest BCUT2D eigenvalue weighted by Crippen LogP contribution is -2.29. The van der Waals surface area contributed by atoms with Gasteiger partial charge in [-0.3, -0.25) is 14.4 Å². The monoisotopic (exact) mass is 467 g/mol. The molecule has 3 aromatic carbocycles. The van der Waals surface area contributed by atoms with Crippen LogP contribution in [0.4, 0.5) is 11.4 Å². The molecule has 0 aliphatic carbocycles. The van der Waals surface area contributed by atoms with Crippen molar-refractivity contribution in [1.82, 2.24) is 0 Å². The first-order valence-electron chi connectivity index (χ1n) is 9.28. The highest BCUT2D eigenvalue weighted by Gasteiger charge is 2.37. The van der Waals surface area contributed by atoms with Gasteiger partial charge in [-0.25, -0.2) is 4.90 Å². The van der Waals surface area contributed by atoms with Crippen LogP contribution in [0.2, 0.25) is 10.0 Å². The zero-order valence-electron chi connectivity index (χ0n) is 16.4. The Morgan fingerprint density at radius 1 is 0.875 bits per heavy atom. The average Bonchev–Trinajstić information content (AvgIpc) is 3.01. The predicted molar refractivity (Wildman–Crippen MR) is 118 cm³/mol. The van der Waals surface area contributed by atoms with Crippen molar-refractivity contribution < 1.29 is 24.3 Å². The number of imide groups is 1. The minimum atomic E-state index is -1.46. The molecular weight excluding hydrogens is 455 g/mol. The van der Waals surface area contributed by atoms with Crippen molar-refractivity contribution in [3.63, 3.8) is 0 Å². The molecule has 0 aromatic heterocycles. The summed E-state index contributed by atoms with van der Waals surface area (Å²) in [7, 11) is 0. The van der Waals surface area contributed by atoms with Crippen LogP contribution in [0, 0.1) is 6.92 Å². The van der Waals surface area contributed by atoms with E-state index in [1.54, 1.807) is 18.2 Å². The number of carboxylic acid groups (broad SMARTS) is 1. The molecule has 1 aliphatic rings. The number of carboxylic acids is 1. The van der Waals surface area contributed by atoms with Gasteiger partial charge in [0, 0.05) is 10.7 Å². The maximum absolute atomic E-state index is 12.9. The molecule has 3 aromatic rings. The van der Waals surface area contributed by atoms with Crippen LogP contribution in [-0.4, -0.2) is 23.7 Å². The Morgan fingerprint density at radius 2 is 1.59 bits per heavy atom. The smallest absolute Gasteiger partial charge is 0.266 e. The molecule has 1 N–H and O–H groups in total. The highest BCUT2D eigenvalue weighted by atomic mass is 35.5. The van der Waals surface area contributed by atoms with Gasteiger partial charge in [0.25, 0.3) is 17.7 Å². The third-order valence-corrected chi connectivity index (χ3v) is 5.74. The van der Waals surface area contributed by atoms with Crippen molar-refractivity contribution in [2.75, 3.05) is 10.2 Å². The summed E-state index contributed by atoms with van der Waals surface area (Å²) in [6, 6.07) is 12.7. The number of aryl methyl sites for hydroxylation is 1. The number of rotatable bonds is 4. The van der Waals surface area contributed by atoms with Gasteiger partial charge in [0.05, 0.1) is 33.4 Å². The number of benzene rings is 3. The van der Waals surface area contributed by atoms with Gasteiger partial charge < -0.3 is 15.2 Å². The standard InChI is InChI=1S/C23H14Cl2N2O5/c1-11-2-4-13(9-19(11)25)26-20(28)17-10-14(5-7-18(17)24)27-21(29)15-6-3-12(23(31)32)8-16(15)22(27)30/h2-10H,1H3,(H,26,28)(H,31,32)/p-1. The molecule has 0 saturated heterocycles. The first kappa shape index (κ1) is 21.5. The fraction of sp³-hybridized carbons (Fsp3) is 0.0435. The Balaban J connectivity index is 1.67. The Labute approximate surface area is 192 Å². The molecule has 0 radical (unpaired) electrons. The van der Waals surface area contributed by atoms with Crippen LogP contribution in [0.15, 0.2) is 54.6 Å². The van der Waals surface area contributed by atoms with Crippen LogP contribution < -0.4 is 15.3 Å². The highest BCUT2D eigenvalue weighted by molar-refractivity contribution is 6.37. The third kappa shape index (κ3) is 3.72. The number of amides is 3. The summed E-state index contributed by atoms with van der Waals surface area (Å²) in [5.41, 5.74) is 1.21. The minimum absolute atomic E-state index is 0.0350. The van der Waals surface area contributed by atoms with Crippen LogP contribution in [0.25, 0.3) is 0 Å². The first-order chi connectivity index (χ1) is 15.2. The summed E-state index contributed by atoms with van der Waals surface area (Å²) >= 11 is 12.3. The number of hydrogen-bond acceptors (Lipinski definition) is 5. The summed E-state index contributed by atoms with van der Waals surface area (Å²) in [4.78, 5) is 50.4. The van der Waals surface area contributed by atoms with E-state index in [-0.39, 0.29) is 33.0 Å². The average molecular weight is 468 g/mol. The van der Waals surface area contributed by atoms with Crippen molar-refractivity contribution in [2.45, 2.75) is 6.92 Å². The van der Waals surface area contributed by atoms with Crippen molar-refractivity contribution in [1.29, 1.82) is 0 Å². The lowest BCUT2D eigenvalue weighted by Gasteiger charge is -2.16. The third-order valence-electron chi connectivity index (χ3n) is 5.00. The number of halogens is 2. The highest BCUT2D eigenvalue weighted by Crippen LogP contribution is 2.32. The van der Waals surface area contributed by atoms with Gasteiger partial charge in [-0.15, -0.1) is 0 Å². The second-order valence-electron chi connectivity index (χ2n) is 7.08. The van der Waals surface area contributed by atoms with Crippen LogP contribution in [0.1, 0.15) is 47.0 Å². The van der Waals surface area contributed by atoms with E-state index >= 15 is 0 Å². The van der Waals surface area contributed by atoms with Gasteiger partial charge in [0.15, 0.2) is 0 Å². The minimum Gasteiger partial charge on any atom is -0.545 e. The Morgan fingerprint density at radius 3 is 2.28 bits per heavy atom. The fourth-order valence-corrected chi connectivity index (χ4v) is 3.68. The SMILES string of the molecule is Cc1ccc(NC(=O)c2cc(N3C(=O)c4ccc(C(=O)[O-])cc4C3=O)ccc2Cl)cc1Cl.